The molecule has 0 aromatic carbocycles. The van der Waals surface area contributed by atoms with E-state index in [0.29, 0.717) is 35.5 Å². The maximum Gasteiger partial charge on any atom is 0.109 e. The largest absolute Gasteiger partial charge is 0.472 e. The van der Waals surface area contributed by atoms with Gasteiger partial charge in [-0.3, -0.25) is 0 Å². The van der Waals surface area contributed by atoms with Crippen LogP contribution in [0.5, 0.6) is 0 Å². The lowest BCUT2D eigenvalue weighted by atomic mass is 9.95. The van der Waals surface area contributed by atoms with Gasteiger partial charge in [-0.1, -0.05) is 147 Å². The summed E-state index contributed by atoms with van der Waals surface area (Å²) < 4.78 is 15.9. The zero-order valence-electron chi connectivity index (χ0n) is 29.2. The molecule has 3 aromatic rings. The Morgan fingerprint density at radius 3 is 0.786 bits per heavy atom. The summed E-state index contributed by atoms with van der Waals surface area (Å²) in [7, 11) is 0. The Bertz CT molecular complexity index is 715. The minimum atomic E-state index is 0. The summed E-state index contributed by atoms with van der Waals surface area (Å²) in [4.78, 5) is 0. The monoisotopic (exact) mass is 595 g/mol. The van der Waals surface area contributed by atoms with E-state index in [1.807, 2.05) is 54.1 Å². The second kappa shape index (κ2) is 30.3. The Morgan fingerprint density at radius 1 is 0.381 bits per heavy atom. The van der Waals surface area contributed by atoms with Gasteiger partial charge in [0.15, 0.2) is 0 Å². The van der Waals surface area contributed by atoms with Crippen molar-refractivity contribution >= 4 is 0 Å². The molecule has 0 aliphatic heterocycles. The smallest absolute Gasteiger partial charge is 0.109 e. The van der Waals surface area contributed by atoms with Gasteiger partial charge in [-0.25, -0.2) is 0 Å². The van der Waals surface area contributed by atoms with Gasteiger partial charge in [-0.15, -0.1) is 0 Å². The number of hydrogen-bond donors (Lipinski definition) is 0. The van der Waals surface area contributed by atoms with Crippen molar-refractivity contribution < 1.29 is 13.3 Å². The van der Waals surface area contributed by atoms with Crippen LogP contribution in [0.1, 0.15) is 216 Å². The van der Waals surface area contributed by atoms with E-state index in [-0.39, 0.29) is 22.3 Å². The number of furan rings is 3. The quantitative estimate of drug-likeness (QED) is 0.285. The topological polar surface area (TPSA) is 39.4 Å². The Kier molecular flexibility index (Phi) is 37.9. The Balaban J connectivity index is -0.000000103. The van der Waals surface area contributed by atoms with Crippen LogP contribution in [-0.2, 0) is 0 Å². The van der Waals surface area contributed by atoms with Crippen molar-refractivity contribution in [2.75, 3.05) is 0 Å². The maximum atomic E-state index is 5.39. The molecule has 3 nitrogen and oxygen atoms in total. The highest BCUT2D eigenvalue weighted by atomic mass is 16.3. The molecular formula is C39H78O3. The molecule has 0 spiro atoms. The van der Waals surface area contributed by atoms with E-state index in [1.165, 1.54) is 22.3 Å². The van der Waals surface area contributed by atoms with Gasteiger partial charge < -0.3 is 13.3 Å². The van der Waals surface area contributed by atoms with E-state index in [9.17, 15) is 0 Å². The third kappa shape index (κ3) is 19.1. The molecule has 0 bridgehead atoms. The lowest BCUT2D eigenvalue weighted by Crippen LogP contribution is -1.93. The zero-order valence-corrected chi connectivity index (χ0v) is 29.2. The van der Waals surface area contributed by atoms with Crippen LogP contribution < -0.4 is 0 Å². The molecule has 0 fully saturated rings. The third-order valence-electron chi connectivity index (χ3n) is 5.71. The zero-order chi connectivity index (χ0) is 31.3. The number of hydrogen-bond acceptors (Lipinski definition) is 3. The van der Waals surface area contributed by atoms with E-state index in [0.717, 1.165) is 11.5 Å². The molecule has 0 saturated heterocycles. The highest BCUT2D eigenvalue weighted by Gasteiger charge is 2.13. The first-order chi connectivity index (χ1) is 18.4. The van der Waals surface area contributed by atoms with E-state index in [2.05, 4.69) is 95.2 Å². The fourth-order valence-corrected chi connectivity index (χ4v) is 3.81. The molecule has 0 aliphatic rings. The molecule has 0 amide bonds. The molecular weight excluding hydrogens is 516 g/mol. The molecule has 3 rings (SSSR count). The normalized spacial score (nSPS) is 9.43. The fourth-order valence-electron chi connectivity index (χ4n) is 3.81. The molecule has 0 N–H and O–H groups in total. The van der Waals surface area contributed by atoms with Crippen LogP contribution in [0.2, 0.25) is 0 Å². The predicted molar refractivity (Wildman–Crippen MR) is 195 cm³/mol. The SMILES string of the molecule is C.C.C.CC.CC.CC.CC(C)c1ccoc1C(C)C.CC(C)c1ccoc1C(C)C.CC(C)c1cocc1C(C)C. The molecule has 0 radical (unpaired) electrons. The summed E-state index contributed by atoms with van der Waals surface area (Å²) in [5.74, 6) is 5.58. The lowest BCUT2D eigenvalue weighted by molar-refractivity contribution is 0.479. The summed E-state index contributed by atoms with van der Waals surface area (Å²) in [6.45, 7) is 38.2. The Labute approximate surface area is 266 Å². The van der Waals surface area contributed by atoms with Gasteiger partial charge in [0, 0.05) is 11.8 Å². The highest BCUT2D eigenvalue weighted by Crippen LogP contribution is 2.28. The van der Waals surface area contributed by atoms with E-state index in [4.69, 9.17) is 13.3 Å². The van der Waals surface area contributed by atoms with Gasteiger partial charge in [0.2, 0.25) is 0 Å². The van der Waals surface area contributed by atoms with E-state index >= 15 is 0 Å². The molecule has 42 heavy (non-hydrogen) atoms. The Hall–Kier alpha value is -2.16. The van der Waals surface area contributed by atoms with Gasteiger partial charge in [0.05, 0.1) is 25.1 Å². The summed E-state index contributed by atoms with van der Waals surface area (Å²) in [6, 6.07) is 4.14. The summed E-state index contributed by atoms with van der Waals surface area (Å²) in [5, 5.41) is 0. The lowest BCUT2D eigenvalue weighted by Gasteiger charge is -2.07. The van der Waals surface area contributed by atoms with Crippen molar-refractivity contribution in [3.8, 4) is 0 Å². The van der Waals surface area contributed by atoms with Crippen LogP contribution in [0, 0.1) is 0 Å². The molecule has 3 heteroatoms. The standard InChI is InChI=1S/3C10H16O.3C2H6.3CH4/c1-7(2)9-5-11-6-10(9)8(3)4;2*1-7(2)9-5-6-11-10(9)8(3)4;3*1-2;;;/h3*5-8H,1-4H3;3*1-2H3;3*1H4. The van der Waals surface area contributed by atoms with E-state index < -0.39 is 0 Å². The summed E-state index contributed by atoms with van der Waals surface area (Å²) >= 11 is 0. The van der Waals surface area contributed by atoms with Crippen LogP contribution in [0.25, 0.3) is 0 Å². The first-order valence-electron chi connectivity index (χ1n) is 15.6. The molecule has 0 unspecified atom stereocenters. The average molecular weight is 595 g/mol. The van der Waals surface area contributed by atoms with Crippen LogP contribution in [-0.4, -0.2) is 0 Å². The molecule has 0 aliphatic carbocycles. The van der Waals surface area contributed by atoms with Gasteiger partial charge in [0.1, 0.15) is 11.5 Å². The molecule has 0 saturated carbocycles. The van der Waals surface area contributed by atoms with Crippen molar-refractivity contribution in [1.29, 1.82) is 0 Å². The van der Waals surface area contributed by atoms with Gasteiger partial charge in [-0.2, -0.15) is 0 Å². The van der Waals surface area contributed by atoms with Crippen molar-refractivity contribution in [3.05, 3.63) is 71.0 Å². The van der Waals surface area contributed by atoms with Gasteiger partial charge in [-0.05, 0) is 58.1 Å². The summed E-state index contributed by atoms with van der Waals surface area (Å²) in [6.07, 6.45) is 7.29. The van der Waals surface area contributed by atoms with Crippen LogP contribution >= 0.6 is 0 Å². The predicted octanol–water partition coefficient (Wildman–Crippen LogP) is 15.6. The average Bonchev–Trinajstić information content (AvgIpc) is 3.68. The van der Waals surface area contributed by atoms with Crippen molar-refractivity contribution in [2.24, 2.45) is 0 Å². The fraction of sp³-hybridized carbons (Fsp3) is 0.692. The van der Waals surface area contributed by atoms with E-state index in [1.54, 1.807) is 12.5 Å². The first kappa shape index (κ1) is 52.5. The van der Waals surface area contributed by atoms with Crippen molar-refractivity contribution in [2.45, 2.75) is 182 Å². The van der Waals surface area contributed by atoms with Crippen LogP contribution in [0.15, 0.2) is 50.4 Å². The third-order valence-corrected chi connectivity index (χ3v) is 5.71. The molecule has 3 heterocycles. The van der Waals surface area contributed by atoms with Gasteiger partial charge >= 0.3 is 0 Å². The highest BCUT2D eigenvalue weighted by molar-refractivity contribution is 5.27. The second-order valence-electron chi connectivity index (χ2n) is 10.7. The van der Waals surface area contributed by atoms with Crippen LogP contribution in [0.4, 0.5) is 0 Å². The molecule has 0 atom stereocenters. The molecule has 252 valence electrons. The molecule has 3 aromatic heterocycles. The van der Waals surface area contributed by atoms with Crippen molar-refractivity contribution in [1.82, 2.24) is 0 Å². The van der Waals surface area contributed by atoms with Crippen LogP contribution in [0.3, 0.4) is 0 Å². The summed E-state index contributed by atoms with van der Waals surface area (Å²) in [5.41, 5.74) is 5.39. The minimum Gasteiger partial charge on any atom is -0.472 e. The first-order valence-corrected chi connectivity index (χ1v) is 15.6. The van der Waals surface area contributed by atoms with Gasteiger partial charge in [0.25, 0.3) is 0 Å². The Morgan fingerprint density at radius 2 is 0.619 bits per heavy atom. The number of rotatable bonds is 6. The van der Waals surface area contributed by atoms with Crippen molar-refractivity contribution in [3.63, 3.8) is 0 Å². The second-order valence-corrected chi connectivity index (χ2v) is 10.7. The maximum absolute atomic E-state index is 5.39. The minimum absolute atomic E-state index is 0.